The highest BCUT2D eigenvalue weighted by Crippen LogP contribution is 2.22. The number of carbonyl (C=O) groups excluding carboxylic acids is 1. The van der Waals surface area contributed by atoms with Crippen molar-refractivity contribution in [2.75, 3.05) is 26.0 Å². The average Bonchev–Trinajstić information content (AvgIpc) is 2.45. The first-order valence-electron chi connectivity index (χ1n) is 6.90. The van der Waals surface area contributed by atoms with Gasteiger partial charge >= 0.3 is 0 Å². The lowest BCUT2D eigenvalue weighted by Gasteiger charge is -2.30. The first kappa shape index (κ1) is 16.8. The van der Waals surface area contributed by atoms with Crippen molar-refractivity contribution in [3.8, 4) is 0 Å². The van der Waals surface area contributed by atoms with Crippen molar-refractivity contribution < 1.29 is 9.53 Å². The summed E-state index contributed by atoms with van der Waals surface area (Å²) in [7, 11) is 1.63. The normalized spacial score (nSPS) is 10.8. The second-order valence-corrected chi connectivity index (χ2v) is 5.11. The average molecular weight is 299 g/mol. The predicted molar refractivity (Wildman–Crippen MR) is 83.1 cm³/mol. The molecule has 0 aromatic heterocycles. The van der Waals surface area contributed by atoms with Crippen LogP contribution in [0.2, 0.25) is 5.02 Å². The van der Waals surface area contributed by atoms with Gasteiger partial charge in [0.25, 0.3) is 5.91 Å². The Morgan fingerprint density at radius 2 is 2.05 bits per heavy atom. The lowest BCUT2D eigenvalue weighted by Crippen LogP contribution is -2.41. The molecule has 1 amide bonds. The lowest BCUT2D eigenvalue weighted by molar-refractivity contribution is 0.0589. The van der Waals surface area contributed by atoms with Crippen LogP contribution in [-0.4, -0.2) is 37.1 Å². The number of nitrogens with two attached hydrogens (primary N) is 1. The van der Waals surface area contributed by atoms with E-state index in [1.54, 1.807) is 25.3 Å². The van der Waals surface area contributed by atoms with Crippen molar-refractivity contribution >= 4 is 23.2 Å². The largest absolute Gasteiger partial charge is 0.398 e. The number of hydrogen-bond acceptors (Lipinski definition) is 3. The highest BCUT2D eigenvalue weighted by molar-refractivity contribution is 6.33. The molecule has 0 saturated carbocycles. The van der Waals surface area contributed by atoms with Gasteiger partial charge in [-0.3, -0.25) is 4.79 Å². The van der Waals surface area contributed by atoms with Gasteiger partial charge in [0.05, 0.1) is 17.3 Å². The molecule has 0 radical (unpaired) electrons. The number of methoxy groups -OCH3 is 1. The Balaban J connectivity index is 2.99. The fraction of sp³-hybridized carbons (Fsp3) is 0.533. The summed E-state index contributed by atoms with van der Waals surface area (Å²) in [5.41, 5.74) is 6.72. The van der Waals surface area contributed by atoms with Gasteiger partial charge in [-0.05, 0) is 31.0 Å². The molecule has 0 fully saturated rings. The summed E-state index contributed by atoms with van der Waals surface area (Å²) in [5.74, 6) is -0.0300. The molecular weight excluding hydrogens is 276 g/mol. The van der Waals surface area contributed by atoms with Gasteiger partial charge in [0.15, 0.2) is 0 Å². The third-order valence-electron chi connectivity index (χ3n) is 3.43. The highest BCUT2D eigenvalue weighted by Gasteiger charge is 2.22. The van der Waals surface area contributed by atoms with Crippen LogP contribution in [0.3, 0.4) is 0 Å². The van der Waals surface area contributed by atoms with Crippen LogP contribution in [0.5, 0.6) is 0 Å². The van der Waals surface area contributed by atoms with Gasteiger partial charge in [-0.25, -0.2) is 0 Å². The van der Waals surface area contributed by atoms with E-state index in [2.05, 4.69) is 13.8 Å². The SMILES string of the molecule is CCC(CC)N(CCOC)C(=O)c1ccc(N)c(Cl)c1. The van der Waals surface area contributed by atoms with Crippen molar-refractivity contribution in [2.45, 2.75) is 32.7 Å². The van der Waals surface area contributed by atoms with Crippen LogP contribution in [0.15, 0.2) is 18.2 Å². The van der Waals surface area contributed by atoms with Crippen molar-refractivity contribution in [3.63, 3.8) is 0 Å². The second kappa shape index (κ2) is 8.12. The maximum atomic E-state index is 12.6. The van der Waals surface area contributed by atoms with Gasteiger partial charge in [0.2, 0.25) is 0 Å². The van der Waals surface area contributed by atoms with E-state index in [0.29, 0.717) is 29.4 Å². The van der Waals surface area contributed by atoms with E-state index in [9.17, 15) is 4.79 Å². The molecule has 0 saturated heterocycles. The van der Waals surface area contributed by atoms with Crippen LogP contribution < -0.4 is 5.73 Å². The van der Waals surface area contributed by atoms with Gasteiger partial charge in [-0.15, -0.1) is 0 Å². The summed E-state index contributed by atoms with van der Waals surface area (Å²) in [5, 5.41) is 0.409. The summed E-state index contributed by atoms with van der Waals surface area (Å²) in [4.78, 5) is 14.5. The van der Waals surface area contributed by atoms with Crippen LogP contribution in [-0.2, 0) is 4.74 Å². The van der Waals surface area contributed by atoms with E-state index >= 15 is 0 Å². The molecule has 0 bridgehead atoms. The zero-order valence-corrected chi connectivity index (χ0v) is 13.1. The molecular formula is C15H23ClN2O2. The van der Waals surface area contributed by atoms with Gasteiger partial charge in [0, 0.05) is 25.3 Å². The minimum atomic E-state index is -0.0300. The standard InChI is InChI=1S/C15H23ClN2O2/c1-4-12(5-2)18(8-9-20-3)15(19)11-6-7-14(17)13(16)10-11/h6-7,10,12H,4-5,8-9,17H2,1-3H3. The van der Waals surface area contributed by atoms with E-state index in [1.165, 1.54) is 0 Å². The van der Waals surface area contributed by atoms with E-state index in [0.717, 1.165) is 12.8 Å². The summed E-state index contributed by atoms with van der Waals surface area (Å²) < 4.78 is 5.10. The Kier molecular flexibility index (Phi) is 6.82. The van der Waals surface area contributed by atoms with Crippen LogP contribution in [0.25, 0.3) is 0 Å². The Morgan fingerprint density at radius 3 is 2.55 bits per heavy atom. The number of carbonyl (C=O) groups is 1. The molecule has 20 heavy (non-hydrogen) atoms. The molecule has 0 spiro atoms. The van der Waals surface area contributed by atoms with Crippen LogP contribution >= 0.6 is 11.6 Å². The third-order valence-corrected chi connectivity index (χ3v) is 3.76. The fourth-order valence-corrected chi connectivity index (χ4v) is 2.38. The molecule has 1 aromatic rings. The van der Waals surface area contributed by atoms with E-state index in [-0.39, 0.29) is 11.9 Å². The first-order valence-corrected chi connectivity index (χ1v) is 7.27. The summed E-state index contributed by atoms with van der Waals surface area (Å²) in [6.45, 7) is 5.25. The van der Waals surface area contributed by atoms with Crippen molar-refractivity contribution in [1.29, 1.82) is 0 Å². The van der Waals surface area contributed by atoms with Crippen LogP contribution in [0.1, 0.15) is 37.0 Å². The molecule has 1 aromatic carbocycles. The molecule has 5 heteroatoms. The molecule has 0 aliphatic heterocycles. The molecule has 1 rings (SSSR count). The Hall–Kier alpha value is -1.26. The summed E-state index contributed by atoms with van der Waals surface area (Å²) in [6.07, 6.45) is 1.82. The maximum Gasteiger partial charge on any atom is 0.254 e. The highest BCUT2D eigenvalue weighted by atomic mass is 35.5. The second-order valence-electron chi connectivity index (χ2n) is 4.70. The molecule has 0 heterocycles. The van der Waals surface area contributed by atoms with Gasteiger partial charge in [0.1, 0.15) is 0 Å². The number of nitrogens with zero attached hydrogens (tertiary/aromatic N) is 1. The summed E-state index contributed by atoms with van der Waals surface area (Å²) in [6, 6.07) is 5.21. The molecule has 0 aliphatic carbocycles. The fourth-order valence-electron chi connectivity index (χ4n) is 2.20. The Labute approximate surface area is 125 Å². The quantitative estimate of drug-likeness (QED) is 0.787. The summed E-state index contributed by atoms with van der Waals surface area (Å²) >= 11 is 5.99. The van der Waals surface area contributed by atoms with Gasteiger partial charge in [-0.1, -0.05) is 25.4 Å². The lowest BCUT2D eigenvalue weighted by atomic mass is 10.1. The van der Waals surface area contributed by atoms with Crippen LogP contribution in [0.4, 0.5) is 5.69 Å². The van der Waals surface area contributed by atoms with Gasteiger partial charge in [-0.2, -0.15) is 0 Å². The number of halogens is 1. The minimum Gasteiger partial charge on any atom is -0.398 e. The number of hydrogen-bond donors (Lipinski definition) is 1. The smallest absolute Gasteiger partial charge is 0.254 e. The maximum absolute atomic E-state index is 12.6. The van der Waals surface area contributed by atoms with E-state index < -0.39 is 0 Å². The van der Waals surface area contributed by atoms with E-state index in [1.807, 2.05) is 4.90 Å². The third kappa shape index (κ3) is 4.12. The number of anilines is 1. The molecule has 4 nitrogen and oxygen atoms in total. The predicted octanol–water partition coefficient (Wildman–Crippen LogP) is 3.20. The number of amides is 1. The first-order chi connectivity index (χ1) is 9.54. The topological polar surface area (TPSA) is 55.6 Å². The molecule has 0 unspecified atom stereocenters. The number of ether oxygens (including phenoxy) is 1. The van der Waals surface area contributed by atoms with Crippen molar-refractivity contribution in [2.24, 2.45) is 0 Å². The number of benzene rings is 1. The molecule has 2 N–H and O–H groups in total. The Morgan fingerprint density at radius 1 is 1.40 bits per heavy atom. The van der Waals surface area contributed by atoms with Crippen LogP contribution in [0, 0.1) is 0 Å². The molecule has 112 valence electrons. The zero-order valence-electron chi connectivity index (χ0n) is 12.4. The van der Waals surface area contributed by atoms with E-state index in [4.69, 9.17) is 22.1 Å². The molecule has 0 aliphatic rings. The number of nitrogen functional groups attached to an aromatic ring is 1. The monoisotopic (exact) mass is 298 g/mol. The van der Waals surface area contributed by atoms with Crippen molar-refractivity contribution in [3.05, 3.63) is 28.8 Å². The molecule has 0 atom stereocenters. The minimum absolute atomic E-state index is 0.0300. The zero-order chi connectivity index (χ0) is 15.1. The van der Waals surface area contributed by atoms with Gasteiger partial charge < -0.3 is 15.4 Å². The van der Waals surface area contributed by atoms with Crippen molar-refractivity contribution in [1.82, 2.24) is 4.90 Å². The number of rotatable bonds is 7. The Bertz CT molecular complexity index is 447.